The molecule has 1 spiro atoms. The number of nitro groups is 1. The van der Waals surface area contributed by atoms with E-state index < -0.39 is 42.9 Å². The lowest BCUT2D eigenvalue weighted by Crippen LogP contribution is -2.63. The number of methoxy groups -OCH3 is 1. The number of sulfonamides is 1. The van der Waals surface area contributed by atoms with E-state index in [4.69, 9.17) is 9.47 Å². The van der Waals surface area contributed by atoms with Gasteiger partial charge in [-0.25, -0.2) is 22.5 Å². The first-order valence-corrected chi connectivity index (χ1v) is 24.8. The molecule has 0 unspecified atom stereocenters. The van der Waals surface area contributed by atoms with Crippen LogP contribution in [0.25, 0.3) is 11.0 Å². The first-order chi connectivity index (χ1) is 32.0. The minimum Gasteiger partial charge on any atom is -0.478 e. The fourth-order valence-electron chi connectivity index (χ4n) is 10.9. The number of amides is 1. The summed E-state index contributed by atoms with van der Waals surface area (Å²) in [5, 5.41) is 25.6. The van der Waals surface area contributed by atoms with Crippen LogP contribution in [0.4, 0.5) is 21.6 Å². The van der Waals surface area contributed by atoms with Crippen molar-refractivity contribution in [3.05, 3.63) is 99.6 Å². The summed E-state index contributed by atoms with van der Waals surface area (Å²) in [6.07, 6.45) is 10.3. The zero-order valence-electron chi connectivity index (χ0n) is 38.4. The standard InChI is InChI=1S/C49H59FN8O8S/c1-30(2)34-8-5-6-9-35(34)36-10-7-11-40(36)57-28-49(29-57)18-20-56(21-19-49)32-12-13-37(42(22-32)66-43-24-38-39(50)27-53-44(38)54-47(43)65-4)46(59)55-67(63,64)33-23-41(58(61)62)45(52-26-33)51-25-31-14-16-48(3,60)17-15-31/h5-6,8-9,12-13,22-24,26-27,30-31,36,40,60H,7,10-11,14-21,25,28-29H2,1-4H3,(H,51,52)(H,53,54)(H,55,59)/t31-,36-,40-,48-/m0/s1. The Labute approximate surface area is 389 Å². The van der Waals surface area contributed by atoms with Crippen LogP contribution in [0.15, 0.2) is 71.9 Å². The Balaban J connectivity index is 0.927. The van der Waals surface area contributed by atoms with Crippen molar-refractivity contribution in [2.24, 2.45) is 11.3 Å². The summed E-state index contributed by atoms with van der Waals surface area (Å²) >= 11 is 0. The Hall–Kier alpha value is -5.85. The molecular weight excluding hydrogens is 880 g/mol. The van der Waals surface area contributed by atoms with Crippen LogP contribution in [-0.4, -0.2) is 95.7 Å². The number of pyridine rings is 2. The first kappa shape index (κ1) is 46.3. The van der Waals surface area contributed by atoms with Crippen LogP contribution in [0.1, 0.15) is 112 Å². The quantitative estimate of drug-likeness (QED) is 0.0609. The molecule has 356 valence electrons. The number of fused-ring (bicyclic) bond motifs is 1. The maximum absolute atomic E-state index is 14.8. The number of hydrogen-bond donors (Lipinski definition) is 4. The van der Waals surface area contributed by atoms with Crippen molar-refractivity contribution in [3.63, 3.8) is 0 Å². The van der Waals surface area contributed by atoms with Gasteiger partial charge in [-0.05, 0) is 105 Å². The highest BCUT2D eigenvalue weighted by molar-refractivity contribution is 7.90. The van der Waals surface area contributed by atoms with E-state index >= 15 is 0 Å². The van der Waals surface area contributed by atoms with Crippen molar-refractivity contribution in [3.8, 4) is 17.4 Å². The molecule has 3 aromatic heterocycles. The van der Waals surface area contributed by atoms with Crippen LogP contribution < -0.4 is 24.4 Å². The number of halogens is 1. The molecule has 67 heavy (non-hydrogen) atoms. The van der Waals surface area contributed by atoms with Gasteiger partial charge in [-0.1, -0.05) is 44.5 Å². The van der Waals surface area contributed by atoms with E-state index in [9.17, 15) is 32.8 Å². The molecule has 2 saturated carbocycles. The molecular formula is C49H59FN8O8S. The molecule has 4 fully saturated rings. The van der Waals surface area contributed by atoms with E-state index in [0.29, 0.717) is 50.1 Å². The van der Waals surface area contributed by atoms with Crippen LogP contribution in [0.5, 0.6) is 17.4 Å². The molecule has 1 amide bonds. The molecule has 0 bridgehead atoms. The normalized spacial score (nSPS) is 23.0. The highest BCUT2D eigenvalue weighted by Gasteiger charge is 2.49. The maximum Gasteiger partial charge on any atom is 0.312 e. The highest BCUT2D eigenvalue weighted by atomic mass is 32.2. The molecule has 5 heterocycles. The molecule has 2 aromatic carbocycles. The summed E-state index contributed by atoms with van der Waals surface area (Å²) in [6, 6.07) is 16.6. The Morgan fingerprint density at radius 2 is 1.79 bits per heavy atom. The van der Waals surface area contributed by atoms with Crippen LogP contribution >= 0.6 is 0 Å². The minimum absolute atomic E-state index is 0.00665. The molecule has 18 heteroatoms. The van der Waals surface area contributed by atoms with Gasteiger partial charge in [0.05, 0.1) is 34.8 Å². The number of likely N-dealkylation sites (tertiary alicyclic amines) is 1. The van der Waals surface area contributed by atoms with Gasteiger partial charge in [-0.2, -0.15) is 4.98 Å². The number of anilines is 2. The van der Waals surface area contributed by atoms with Crippen molar-refractivity contribution in [1.82, 2.24) is 24.6 Å². The number of hydrogen-bond acceptors (Lipinski definition) is 13. The summed E-state index contributed by atoms with van der Waals surface area (Å²) in [5.74, 6) is -0.678. The summed E-state index contributed by atoms with van der Waals surface area (Å²) in [5.41, 5.74) is 2.62. The average molecular weight is 939 g/mol. The number of aromatic amines is 1. The number of rotatable bonds is 14. The lowest BCUT2D eigenvalue weighted by Gasteiger charge is -2.57. The van der Waals surface area contributed by atoms with Gasteiger partial charge < -0.3 is 29.8 Å². The Morgan fingerprint density at radius 1 is 1.04 bits per heavy atom. The van der Waals surface area contributed by atoms with Crippen molar-refractivity contribution in [1.29, 1.82) is 0 Å². The first-order valence-electron chi connectivity index (χ1n) is 23.3. The third kappa shape index (κ3) is 9.52. The molecule has 2 saturated heterocycles. The second-order valence-electron chi connectivity index (χ2n) is 19.6. The molecule has 16 nitrogen and oxygen atoms in total. The fraction of sp³-hybridized carbons (Fsp3) is 0.490. The summed E-state index contributed by atoms with van der Waals surface area (Å²) in [6.45, 7) is 10.3. The lowest BCUT2D eigenvalue weighted by molar-refractivity contribution is -0.384. The van der Waals surface area contributed by atoms with Crippen molar-refractivity contribution in [2.45, 2.75) is 107 Å². The number of benzene rings is 2. The zero-order valence-corrected chi connectivity index (χ0v) is 39.2. The molecule has 9 rings (SSSR count). The van der Waals surface area contributed by atoms with Crippen LogP contribution in [0.2, 0.25) is 0 Å². The van der Waals surface area contributed by atoms with Gasteiger partial charge in [-0.15, -0.1) is 0 Å². The lowest BCUT2D eigenvalue weighted by atomic mass is 9.70. The van der Waals surface area contributed by atoms with Crippen molar-refractivity contribution >= 4 is 44.2 Å². The Bertz CT molecular complexity index is 2770. The van der Waals surface area contributed by atoms with E-state index in [-0.39, 0.29) is 51.1 Å². The SMILES string of the molecule is COc1nc2[nH]cc(F)c2cc1Oc1cc(N2CCC3(CC2)CN([C@H]2CCC[C@H]2c2ccccc2C(C)C)C3)ccc1C(=O)NS(=O)(=O)c1cnc(NC[C@H]2CC[C@](C)(O)CC2)c([N+](=O)[O-])c1. The van der Waals surface area contributed by atoms with E-state index in [1.54, 1.807) is 19.1 Å². The van der Waals surface area contributed by atoms with Crippen LogP contribution in [0, 0.1) is 27.3 Å². The number of nitrogens with zero attached hydrogens (tertiary/aromatic N) is 5. The molecule has 2 aliphatic heterocycles. The van der Waals surface area contributed by atoms with Crippen LogP contribution in [-0.2, 0) is 10.0 Å². The average Bonchev–Trinajstić information content (AvgIpc) is 3.93. The number of aromatic nitrogens is 3. The van der Waals surface area contributed by atoms with Gasteiger partial charge in [0.2, 0.25) is 5.82 Å². The topological polar surface area (TPSA) is 205 Å². The Kier molecular flexibility index (Phi) is 12.7. The van der Waals surface area contributed by atoms with E-state index in [2.05, 4.69) is 68.2 Å². The minimum atomic E-state index is -4.72. The second-order valence-corrected chi connectivity index (χ2v) is 21.3. The fourth-order valence-corrected chi connectivity index (χ4v) is 11.8. The predicted molar refractivity (Wildman–Crippen MR) is 252 cm³/mol. The summed E-state index contributed by atoms with van der Waals surface area (Å²) in [7, 11) is -3.35. The summed E-state index contributed by atoms with van der Waals surface area (Å²) in [4.78, 5) is 41.0. The van der Waals surface area contributed by atoms with Gasteiger partial charge >= 0.3 is 5.69 Å². The molecule has 5 aromatic rings. The molecule has 2 atom stereocenters. The molecule has 4 N–H and O–H groups in total. The van der Waals surface area contributed by atoms with Gasteiger partial charge in [0.15, 0.2) is 5.75 Å². The molecule has 2 aliphatic carbocycles. The number of piperidine rings is 1. The third-order valence-corrected chi connectivity index (χ3v) is 16.0. The van der Waals surface area contributed by atoms with E-state index in [1.807, 2.05) is 4.72 Å². The van der Waals surface area contributed by atoms with E-state index in [1.165, 1.54) is 49.6 Å². The zero-order chi connectivity index (χ0) is 47.3. The predicted octanol–water partition coefficient (Wildman–Crippen LogP) is 8.64. The summed E-state index contributed by atoms with van der Waals surface area (Å²) < 4.78 is 56.2. The van der Waals surface area contributed by atoms with Gasteiger partial charge in [-0.3, -0.25) is 19.8 Å². The van der Waals surface area contributed by atoms with E-state index in [0.717, 1.165) is 63.2 Å². The smallest absolute Gasteiger partial charge is 0.312 e. The monoisotopic (exact) mass is 938 g/mol. The number of aliphatic hydroxyl groups is 1. The van der Waals surface area contributed by atoms with Crippen molar-refractivity contribution in [2.75, 3.05) is 50.1 Å². The maximum atomic E-state index is 14.8. The van der Waals surface area contributed by atoms with Gasteiger partial charge in [0.1, 0.15) is 22.1 Å². The number of nitrogens with one attached hydrogen (secondary N) is 3. The number of H-pyrrole nitrogens is 1. The van der Waals surface area contributed by atoms with Gasteiger partial charge in [0.25, 0.3) is 21.8 Å². The molecule has 0 radical (unpaired) electrons. The Morgan fingerprint density at radius 3 is 2.51 bits per heavy atom. The molecule has 4 aliphatic rings. The second kappa shape index (κ2) is 18.3. The van der Waals surface area contributed by atoms with Crippen molar-refractivity contribution < 1.29 is 37.1 Å². The third-order valence-electron chi connectivity index (χ3n) is 14.7. The van der Waals surface area contributed by atoms with Gasteiger partial charge in [0, 0.05) is 68.8 Å². The largest absolute Gasteiger partial charge is 0.478 e. The number of ether oxygens (including phenoxy) is 2. The number of carbonyl (C=O) groups excluding carboxylic acids is 1. The number of carbonyl (C=O) groups is 1. The highest BCUT2D eigenvalue weighted by Crippen LogP contribution is 2.49. The van der Waals surface area contributed by atoms with Crippen LogP contribution in [0.3, 0.4) is 0 Å².